The molecule has 0 bridgehead atoms. The fourth-order valence-corrected chi connectivity index (χ4v) is 2.15. The van der Waals surface area contributed by atoms with Crippen LogP contribution >= 0.6 is 0 Å². The maximum Gasteiger partial charge on any atom is 0.119 e. The van der Waals surface area contributed by atoms with Crippen LogP contribution in [0.3, 0.4) is 0 Å². The van der Waals surface area contributed by atoms with Crippen LogP contribution in [0.15, 0.2) is 36.8 Å². The van der Waals surface area contributed by atoms with Gasteiger partial charge in [-0.1, -0.05) is 12.1 Å². The summed E-state index contributed by atoms with van der Waals surface area (Å²) in [4.78, 5) is 7.10. The van der Waals surface area contributed by atoms with E-state index in [0.717, 1.165) is 31.1 Å². The van der Waals surface area contributed by atoms with Gasteiger partial charge in [-0.2, -0.15) is 0 Å². The zero-order valence-corrected chi connectivity index (χ0v) is 10.4. The van der Waals surface area contributed by atoms with E-state index in [1.54, 1.807) is 6.33 Å². The third-order valence-electron chi connectivity index (χ3n) is 3.32. The molecule has 18 heavy (non-hydrogen) atoms. The quantitative estimate of drug-likeness (QED) is 0.789. The predicted molar refractivity (Wildman–Crippen MR) is 70.8 cm³/mol. The summed E-state index contributed by atoms with van der Waals surface area (Å²) < 4.78 is 5.79. The first-order valence-electron chi connectivity index (χ1n) is 6.62. The maximum absolute atomic E-state index is 5.79. The number of rotatable bonds is 6. The number of aromatic amines is 1. The standard InChI is InChI=1S/C15H18N2O/c1-3-13(12-6-7-12)9-15(5-1)18-8-2-4-14-10-16-11-17-14/h1,3,5,9-12H,2,4,6-8H2,(H,16,17). The Kier molecular flexibility index (Phi) is 3.31. The molecular formula is C15H18N2O. The first kappa shape index (κ1) is 11.3. The molecule has 1 fully saturated rings. The van der Waals surface area contributed by atoms with Crippen molar-refractivity contribution in [2.24, 2.45) is 0 Å². The molecule has 1 saturated carbocycles. The molecular weight excluding hydrogens is 224 g/mol. The first-order valence-corrected chi connectivity index (χ1v) is 6.62. The molecule has 0 aliphatic heterocycles. The Bertz CT molecular complexity index is 489. The summed E-state index contributed by atoms with van der Waals surface area (Å²) in [5, 5.41) is 0. The molecule has 0 saturated heterocycles. The summed E-state index contributed by atoms with van der Waals surface area (Å²) in [6.07, 6.45) is 8.26. The molecule has 2 aromatic rings. The largest absolute Gasteiger partial charge is 0.494 e. The van der Waals surface area contributed by atoms with Crippen molar-refractivity contribution in [3.05, 3.63) is 48.0 Å². The van der Waals surface area contributed by atoms with E-state index in [2.05, 4.69) is 28.2 Å². The van der Waals surface area contributed by atoms with Crippen molar-refractivity contribution in [3.8, 4) is 5.75 Å². The van der Waals surface area contributed by atoms with Crippen LogP contribution < -0.4 is 4.74 Å². The minimum atomic E-state index is 0.757. The molecule has 3 nitrogen and oxygen atoms in total. The second-order valence-corrected chi connectivity index (χ2v) is 4.88. The Morgan fingerprint density at radius 2 is 2.28 bits per heavy atom. The van der Waals surface area contributed by atoms with Crippen molar-refractivity contribution >= 4 is 0 Å². The number of aromatic nitrogens is 2. The summed E-state index contributed by atoms with van der Waals surface area (Å²) >= 11 is 0. The van der Waals surface area contributed by atoms with Crippen LogP contribution in [0.5, 0.6) is 5.75 Å². The van der Waals surface area contributed by atoms with E-state index >= 15 is 0 Å². The topological polar surface area (TPSA) is 37.9 Å². The van der Waals surface area contributed by atoms with Crippen LogP contribution in [0, 0.1) is 0 Å². The lowest BCUT2D eigenvalue weighted by Gasteiger charge is -2.07. The highest BCUT2D eigenvalue weighted by Crippen LogP contribution is 2.40. The number of hydrogen-bond donors (Lipinski definition) is 1. The molecule has 1 N–H and O–H groups in total. The summed E-state index contributed by atoms with van der Waals surface area (Å²) in [5.41, 5.74) is 2.60. The SMILES string of the molecule is c1cc(OCCCc2cnc[nH]2)cc(C2CC2)c1. The molecule has 0 spiro atoms. The summed E-state index contributed by atoms with van der Waals surface area (Å²) in [5.74, 6) is 1.79. The summed E-state index contributed by atoms with van der Waals surface area (Å²) in [6, 6.07) is 8.53. The fourth-order valence-electron chi connectivity index (χ4n) is 2.15. The van der Waals surface area contributed by atoms with Crippen LogP contribution in [0.1, 0.15) is 36.4 Å². The van der Waals surface area contributed by atoms with Crippen molar-refractivity contribution in [3.63, 3.8) is 0 Å². The van der Waals surface area contributed by atoms with Crippen molar-refractivity contribution < 1.29 is 4.74 Å². The fraction of sp³-hybridized carbons (Fsp3) is 0.400. The Morgan fingerprint density at radius 1 is 1.33 bits per heavy atom. The van der Waals surface area contributed by atoms with Gasteiger partial charge in [0.15, 0.2) is 0 Å². The molecule has 94 valence electrons. The van der Waals surface area contributed by atoms with Gasteiger partial charge >= 0.3 is 0 Å². The highest BCUT2D eigenvalue weighted by molar-refractivity contribution is 5.32. The maximum atomic E-state index is 5.79. The highest BCUT2D eigenvalue weighted by atomic mass is 16.5. The molecule has 1 aromatic heterocycles. The van der Waals surface area contributed by atoms with Crippen molar-refractivity contribution in [2.75, 3.05) is 6.61 Å². The van der Waals surface area contributed by atoms with Gasteiger partial charge in [-0.25, -0.2) is 4.98 Å². The first-order chi connectivity index (χ1) is 8.92. The average Bonchev–Trinajstić information content (AvgIpc) is 3.13. The number of nitrogens with one attached hydrogen (secondary N) is 1. The third-order valence-corrected chi connectivity index (χ3v) is 3.32. The molecule has 3 rings (SSSR count). The van der Waals surface area contributed by atoms with Gasteiger partial charge in [0, 0.05) is 11.9 Å². The molecule has 1 aliphatic carbocycles. The van der Waals surface area contributed by atoms with Crippen LogP contribution in [0.2, 0.25) is 0 Å². The summed E-state index contributed by atoms with van der Waals surface area (Å²) in [6.45, 7) is 0.757. The van der Waals surface area contributed by atoms with E-state index in [1.165, 1.54) is 24.1 Å². The van der Waals surface area contributed by atoms with Gasteiger partial charge in [-0.15, -0.1) is 0 Å². The van der Waals surface area contributed by atoms with Crippen molar-refractivity contribution in [2.45, 2.75) is 31.6 Å². The van der Waals surface area contributed by atoms with E-state index in [4.69, 9.17) is 4.74 Å². The molecule has 0 amide bonds. The van der Waals surface area contributed by atoms with Gasteiger partial charge in [0.25, 0.3) is 0 Å². The van der Waals surface area contributed by atoms with Crippen LogP contribution in [-0.2, 0) is 6.42 Å². The normalized spacial score (nSPS) is 14.7. The second-order valence-electron chi connectivity index (χ2n) is 4.88. The zero-order chi connectivity index (χ0) is 12.2. The number of imidazole rings is 1. The van der Waals surface area contributed by atoms with E-state index < -0.39 is 0 Å². The van der Waals surface area contributed by atoms with E-state index in [0.29, 0.717) is 0 Å². The van der Waals surface area contributed by atoms with Crippen LogP contribution in [0.4, 0.5) is 0 Å². The number of benzene rings is 1. The van der Waals surface area contributed by atoms with Gasteiger partial charge in [0.2, 0.25) is 0 Å². The van der Waals surface area contributed by atoms with E-state index in [-0.39, 0.29) is 0 Å². The van der Waals surface area contributed by atoms with Crippen molar-refractivity contribution in [1.82, 2.24) is 9.97 Å². The Balaban J connectivity index is 1.46. The van der Waals surface area contributed by atoms with Gasteiger partial charge in [0.1, 0.15) is 5.75 Å². The van der Waals surface area contributed by atoms with Crippen molar-refractivity contribution in [1.29, 1.82) is 0 Å². The number of aryl methyl sites for hydroxylation is 1. The minimum absolute atomic E-state index is 0.757. The Hall–Kier alpha value is -1.77. The highest BCUT2D eigenvalue weighted by Gasteiger charge is 2.23. The molecule has 0 unspecified atom stereocenters. The second kappa shape index (κ2) is 5.25. The van der Waals surface area contributed by atoms with Gasteiger partial charge in [-0.3, -0.25) is 0 Å². The lowest BCUT2D eigenvalue weighted by Crippen LogP contribution is -1.99. The van der Waals surface area contributed by atoms with E-state index in [1.807, 2.05) is 12.3 Å². The van der Waals surface area contributed by atoms with Gasteiger partial charge in [-0.05, 0) is 49.3 Å². The van der Waals surface area contributed by atoms with Crippen LogP contribution in [0.25, 0.3) is 0 Å². The monoisotopic (exact) mass is 242 g/mol. The Labute approximate surface area is 107 Å². The average molecular weight is 242 g/mol. The Morgan fingerprint density at radius 3 is 3.06 bits per heavy atom. The van der Waals surface area contributed by atoms with Gasteiger partial charge in [0.05, 0.1) is 12.9 Å². The molecule has 1 aromatic carbocycles. The zero-order valence-electron chi connectivity index (χ0n) is 10.4. The lowest BCUT2D eigenvalue weighted by atomic mass is 10.1. The molecule has 0 atom stereocenters. The third kappa shape index (κ3) is 2.92. The predicted octanol–water partition coefficient (Wildman–Crippen LogP) is 3.30. The number of H-pyrrole nitrogens is 1. The number of ether oxygens (including phenoxy) is 1. The molecule has 3 heteroatoms. The number of hydrogen-bond acceptors (Lipinski definition) is 2. The molecule has 1 aliphatic rings. The van der Waals surface area contributed by atoms with Gasteiger partial charge < -0.3 is 9.72 Å². The minimum Gasteiger partial charge on any atom is -0.494 e. The van der Waals surface area contributed by atoms with E-state index in [9.17, 15) is 0 Å². The molecule has 0 radical (unpaired) electrons. The molecule has 1 heterocycles. The van der Waals surface area contributed by atoms with Crippen LogP contribution in [-0.4, -0.2) is 16.6 Å². The lowest BCUT2D eigenvalue weighted by molar-refractivity contribution is 0.310. The summed E-state index contributed by atoms with van der Waals surface area (Å²) in [7, 11) is 0. The number of nitrogens with zero attached hydrogens (tertiary/aromatic N) is 1. The smallest absolute Gasteiger partial charge is 0.119 e.